The van der Waals surface area contributed by atoms with Crippen LogP contribution in [0.4, 0.5) is 0 Å². The van der Waals surface area contributed by atoms with E-state index in [1.807, 2.05) is 0 Å². The number of esters is 4. The Labute approximate surface area is 220 Å². The maximum Gasteiger partial charge on any atom is 0.338 e. The third-order valence-electron chi connectivity index (χ3n) is 6.57. The average molecular weight is 509 g/mol. The van der Waals surface area contributed by atoms with E-state index in [1.165, 1.54) is 89.9 Å². The molecule has 0 spiro atoms. The van der Waals surface area contributed by atoms with E-state index in [2.05, 4.69) is 32.4 Å². The molecular formula is C30H52O6. The molecular weight excluding hydrogens is 456 g/mol. The van der Waals surface area contributed by atoms with Gasteiger partial charge in [-0.2, -0.15) is 0 Å². The number of ether oxygens (including phenoxy) is 2. The quantitative estimate of drug-likeness (QED) is 0.112. The molecule has 0 N–H and O–H groups in total. The molecule has 0 amide bonds. The number of hydrogen-bond acceptors (Lipinski definition) is 6. The molecule has 2 heterocycles. The van der Waals surface area contributed by atoms with E-state index in [-0.39, 0.29) is 17.9 Å². The third kappa shape index (κ3) is 18.3. The molecule has 0 aliphatic carbocycles. The fourth-order valence-corrected chi connectivity index (χ4v) is 4.47. The maximum absolute atomic E-state index is 11.7. The van der Waals surface area contributed by atoms with Crippen LogP contribution < -0.4 is 0 Å². The van der Waals surface area contributed by atoms with Crippen molar-refractivity contribution in [2.75, 3.05) is 0 Å². The molecule has 0 radical (unpaired) electrons. The summed E-state index contributed by atoms with van der Waals surface area (Å²) in [4.78, 5) is 42.8. The lowest BCUT2D eigenvalue weighted by atomic mass is 9.83. The van der Waals surface area contributed by atoms with Crippen molar-refractivity contribution in [2.24, 2.45) is 11.8 Å². The first kappa shape index (κ1) is 34.0. The van der Waals surface area contributed by atoms with Gasteiger partial charge in [-0.15, -0.1) is 0 Å². The zero-order valence-electron chi connectivity index (χ0n) is 23.5. The van der Waals surface area contributed by atoms with Crippen LogP contribution in [-0.2, 0) is 28.7 Å². The van der Waals surface area contributed by atoms with Crippen molar-refractivity contribution in [3.63, 3.8) is 0 Å². The first-order valence-electron chi connectivity index (χ1n) is 14.6. The highest BCUT2D eigenvalue weighted by atomic mass is 16.6. The zero-order chi connectivity index (χ0) is 27.0. The molecule has 0 aromatic carbocycles. The highest BCUT2D eigenvalue weighted by Crippen LogP contribution is 2.31. The third-order valence-corrected chi connectivity index (χ3v) is 6.57. The molecule has 2 aliphatic rings. The molecule has 6 heteroatoms. The van der Waals surface area contributed by atoms with Crippen molar-refractivity contribution < 1.29 is 28.7 Å². The summed E-state index contributed by atoms with van der Waals surface area (Å²) in [6.07, 6.45) is 24.5. The van der Waals surface area contributed by atoms with Crippen molar-refractivity contribution in [1.29, 1.82) is 0 Å². The van der Waals surface area contributed by atoms with Gasteiger partial charge in [-0.1, -0.05) is 124 Å². The van der Waals surface area contributed by atoms with Crippen LogP contribution in [0.15, 0.2) is 12.2 Å². The fourth-order valence-electron chi connectivity index (χ4n) is 4.47. The van der Waals surface area contributed by atoms with Gasteiger partial charge in [0.25, 0.3) is 0 Å². The van der Waals surface area contributed by atoms with E-state index < -0.39 is 11.9 Å². The van der Waals surface area contributed by atoms with Gasteiger partial charge >= 0.3 is 23.9 Å². The van der Waals surface area contributed by atoms with Crippen molar-refractivity contribution >= 4 is 23.9 Å². The largest absolute Gasteiger partial charge is 0.393 e. The Hall–Kier alpha value is -1.98. The molecule has 1 fully saturated rings. The molecule has 36 heavy (non-hydrogen) atoms. The second kappa shape index (κ2) is 23.4. The normalized spacial score (nSPS) is 17.2. The molecule has 2 aliphatic heterocycles. The SMILES string of the molecule is CCCCCCC.CCCCCCCCCCCC(CCC)C1CC(=O)OC1=O.O=C1C=CC(=O)O1. The summed E-state index contributed by atoms with van der Waals surface area (Å²) < 4.78 is 8.69. The zero-order valence-corrected chi connectivity index (χ0v) is 23.5. The predicted octanol–water partition coefficient (Wildman–Crippen LogP) is 8.02. The molecule has 1 saturated heterocycles. The van der Waals surface area contributed by atoms with Crippen LogP contribution in [0, 0.1) is 11.8 Å². The van der Waals surface area contributed by atoms with Gasteiger partial charge < -0.3 is 9.47 Å². The van der Waals surface area contributed by atoms with E-state index in [0.717, 1.165) is 31.4 Å². The van der Waals surface area contributed by atoms with Crippen LogP contribution in [0.2, 0.25) is 0 Å². The number of carbonyl (C=O) groups excluding carboxylic acids is 4. The number of unbranched alkanes of at least 4 members (excludes halogenated alkanes) is 12. The average Bonchev–Trinajstić information content (AvgIpc) is 3.40. The number of rotatable bonds is 17. The lowest BCUT2D eigenvalue weighted by Gasteiger charge is -2.19. The standard InChI is InChI=1S/C19H34O3.C7H16.C4H2O3/c1-3-5-6-7-8-9-10-11-12-14-16(13-4-2)17-15-18(20)22-19(17)21;1-3-5-7-6-4-2;5-3-1-2-4(6)7-3/h16-17H,3-15H2,1-2H3;3-7H2,1-2H3;1-2H. The number of hydrogen-bond donors (Lipinski definition) is 0. The second-order valence-corrected chi connectivity index (χ2v) is 9.90. The molecule has 0 bridgehead atoms. The Morgan fingerprint density at radius 1 is 0.611 bits per heavy atom. The summed E-state index contributed by atoms with van der Waals surface area (Å²) in [6.45, 7) is 8.89. The number of carbonyl (C=O) groups is 4. The Balaban J connectivity index is 0.000000707. The summed E-state index contributed by atoms with van der Waals surface area (Å²) in [5.74, 6) is -1.59. The molecule has 0 saturated carbocycles. The van der Waals surface area contributed by atoms with E-state index in [0.29, 0.717) is 12.3 Å². The second-order valence-electron chi connectivity index (χ2n) is 9.90. The van der Waals surface area contributed by atoms with Crippen molar-refractivity contribution in [1.82, 2.24) is 0 Å². The van der Waals surface area contributed by atoms with Crippen LogP contribution in [-0.4, -0.2) is 23.9 Å². The van der Waals surface area contributed by atoms with Crippen LogP contribution >= 0.6 is 0 Å². The molecule has 0 aromatic heterocycles. The highest BCUT2D eigenvalue weighted by Gasteiger charge is 2.38. The van der Waals surface area contributed by atoms with Gasteiger partial charge in [-0.3, -0.25) is 9.59 Å². The first-order chi connectivity index (χ1) is 17.4. The lowest BCUT2D eigenvalue weighted by molar-refractivity contribution is -0.154. The van der Waals surface area contributed by atoms with Gasteiger partial charge in [0.05, 0.1) is 12.3 Å². The maximum atomic E-state index is 11.7. The molecule has 2 rings (SSSR count). The summed E-state index contributed by atoms with van der Waals surface area (Å²) in [5.41, 5.74) is 0. The lowest BCUT2D eigenvalue weighted by Crippen LogP contribution is -2.19. The topological polar surface area (TPSA) is 86.7 Å². The summed E-state index contributed by atoms with van der Waals surface area (Å²) in [6, 6.07) is 0. The Morgan fingerprint density at radius 3 is 1.42 bits per heavy atom. The van der Waals surface area contributed by atoms with Gasteiger partial charge in [0, 0.05) is 12.2 Å². The van der Waals surface area contributed by atoms with E-state index in [1.54, 1.807) is 0 Å². The van der Waals surface area contributed by atoms with Crippen LogP contribution in [0.1, 0.15) is 143 Å². The van der Waals surface area contributed by atoms with E-state index in [9.17, 15) is 19.2 Å². The summed E-state index contributed by atoms with van der Waals surface area (Å²) in [5, 5.41) is 0. The Morgan fingerprint density at radius 2 is 1.06 bits per heavy atom. The van der Waals surface area contributed by atoms with Crippen molar-refractivity contribution in [2.45, 2.75) is 143 Å². The van der Waals surface area contributed by atoms with Gasteiger partial charge in [0.2, 0.25) is 0 Å². The minimum absolute atomic E-state index is 0.165. The first-order valence-corrected chi connectivity index (χ1v) is 14.6. The predicted molar refractivity (Wildman–Crippen MR) is 144 cm³/mol. The van der Waals surface area contributed by atoms with E-state index >= 15 is 0 Å². The molecule has 0 aromatic rings. The summed E-state index contributed by atoms with van der Waals surface area (Å²) >= 11 is 0. The minimum Gasteiger partial charge on any atom is -0.393 e. The smallest absolute Gasteiger partial charge is 0.338 e. The van der Waals surface area contributed by atoms with Gasteiger partial charge in [-0.25, -0.2) is 9.59 Å². The van der Waals surface area contributed by atoms with Gasteiger partial charge in [0.1, 0.15) is 0 Å². The Bertz CT molecular complexity index is 619. The molecule has 208 valence electrons. The molecule has 6 nitrogen and oxygen atoms in total. The molecule has 2 unspecified atom stereocenters. The van der Waals surface area contributed by atoms with Crippen LogP contribution in [0.5, 0.6) is 0 Å². The highest BCUT2D eigenvalue weighted by molar-refractivity contribution is 6.04. The fraction of sp³-hybridized carbons (Fsp3) is 0.800. The molecule has 2 atom stereocenters. The summed E-state index contributed by atoms with van der Waals surface area (Å²) in [7, 11) is 0. The van der Waals surface area contributed by atoms with E-state index in [4.69, 9.17) is 4.74 Å². The Kier molecular flexibility index (Phi) is 22.1. The van der Waals surface area contributed by atoms with Gasteiger partial charge in [-0.05, 0) is 18.8 Å². The van der Waals surface area contributed by atoms with Crippen molar-refractivity contribution in [3.05, 3.63) is 12.2 Å². The van der Waals surface area contributed by atoms with Gasteiger partial charge in [0.15, 0.2) is 0 Å². The monoisotopic (exact) mass is 508 g/mol. The van der Waals surface area contributed by atoms with Crippen molar-refractivity contribution in [3.8, 4) is 0 Å². The number of cyclic esters (lactones) is 4. The van der Waals surface area contributed by atoms with Crippen LogP contribution in [0.25, 0.3) is 0 Å². The van der Waals surface area contributed by atoms with Crippen LogP contribution in [0.3, 0.4) is 0 Å². The minimum atomic E-state index is -0.579.